The molecule has 2 rings (SSSR count). The van der Waals surface area contributed by atoms with E-state index in [9.17, 15) is 0 Å². The normalized spacial score (nSPS) is 19.8. The van der Waals surface area contributed by atoms with Crippen molar-refractivity contribution in [3.8, 4) is 0 Å². The number of thiophene rings is 1. The monoisotopic (exact) mass is 196 g/mol. The van der Waals surface area contributed by atoms with Crippen molar-refractivity contribution in [1.82, 2.24) is 5.43 Å². The SMILES string of the molecule is Cc1ccc(C(NN)C2CCC2)s1. The van der Waals surface area contributed by atoms with Gasteiger partial charge in [-0.3, -0.25) is 11.3 Å². The lowest BCUT2D eigenvalue weighted by molar-refractivity contribution is 0.235. The van der Waals surface area contributed by atoms with Gasteiger partial charge in [0.25, 0.3) is 0 Å². The molecule has 0 aliphatic heterocycles. The molecule has 1 aliphatic rings. The van der Waals surface area contributed by atoms with Gasteiger partial charge in [-0.2, -0.15) is 0 Å². The molecule has 1 heterocycles. The summed E-state index contributed by atoms with van der Waals surface area (Å²) in [6.45, 7) is 2.14. The van der Waals surface area contributed by atoms with Crippen molar-refractivity contribution in [2.24, 2.45) is 11.8 Å². The molecule has 1 aromatic heterocycles. The molecule has 1 saturated carbocycles. The minimum atomic E-state index is 0.396. The molecule has 1 unspecified atom stereocenters. The van der Waals surface area contributed by atoms with Gasteiger partial charge in [-0.05, 0) is 37.8 Å². The molecular weight excluding hydrogens is 180 g/mol. The van der Waals surface area contributed by atoms with E-state index in [1.165, 1.54) is 29.0 Å². The lowest BCUT2D eigenvalue weighted by atomic mass is 9.79. The van der Waals surface area contributed by atoms with Crippen LogP contribution in [0.25, 0.3) is 0 Å². The molecule has 1 aliphatic carbocycles. The number of aryl methyl sites for hydroxylation is 1. The number of rotatable bonds is 3. The largest absolute Gasteiger partial charge is 0.271 e. The number of hydrazine groups is 1. The summed E-state index contributed by atoms with van der Waals surface area (Å²) in [6, 6.07) is 4.76. The summed E-state index contributed by atoms with van der Waals surface area (Å²) in [5.41, 5.74) is 2.94. The first-order chi connectivity index (χ1) is 6.31. The summed E-state index contributed by atoms with van der Waals surface area (Å²) in [4.78, 5) is 2.76. The minimum Gasteiger partial charge on any atom is -0.271 e. The van der Waals surface area contributed by atoms with Crippen LogP contribution in [-0.4, -0.2) is 0 Å². The fourth-order valence-corrected chi connectivity index (χ4v) is 2.88. The van der Waals surface area contributed by atoms with Crippen molar-refractivity contribution in [3.05, 3.63) is 21.9 Å². The summed E-state index contributed by atoms with van der Waals surface area (Å²) in [6.07, 6.45) is 4.02. The highest BCUT2D eigenvalue weighted by atomic mass is 32.1. The Balaban J connectivity index is 2.11. The van der Waals surface area contributed by atoms with Crippen LogP contribution in [0.1, 0.15) is 35.1 Å². The molecule has 1 aromatic rings. The molecule has 0 amide bonds. The van der Waals surface area contributed by atoms with Gasteiger partial charge in [-0.1, -0.05) is 6.42 Å². The topological polar surface area (TPSA) is 38.0 Å². The molecule has 72 valence electrons. The standard InChI is InChI=1S/C10H16N2S/c1-7-5-6-9(13-7)10(12-11)8-3-2-4-8/h5-6,8,10,12H,2-4,11H2,1H3. The van der Waals surface area contributed by atoms with E-state index in [-0.39, 0.29) is 0 Å². The van der Waals surface area contributed by atoms with E-state index in [4.69, 9.17) is 5.84 Å². The predicted octanol–water partition coefficient (Wildman–Crippen LogP) is 2.36. The van der Waals surface area contributed by atoms with E-state index in [0.29, 0.717) is 6.04 Å². The first-order valence-electron chi connectivity index (χ1n) is 4.83. The first-order valence-corrected chi connectivity index (χ1v) is 5.65. The molecule has 3 N–H and O–H groups in total. The zero-order valence-corrected chi connectivity index (χ0v) is 8.73. The third-order valence-electron chi connectivity index (χ3n) is 2.87. The Kier molecular flexibility index (Phi) is 2.67. The lowest BCUT2D eigenvalue weighted by Gasteiger charge is -2.32. The van der Waals surface area contributed by atoms with Crippen molar-refractivity contribution < 1.29 is 0 Å². The molecular formula is C10H16N2S. The molecule has 1 fully saturated rings. The van der Waals surface area contributed by atoms with Crippen LogP contribution < -0.4 is 11.3 Å². The summed E-state index contributed by atoms with van der Waals surface area (Å²) < 4.78 is 0. The Hall–Kier alpha value is -0.380. The average molecular weight is 196 g/mol. The van der Waals surface area contributed by atoms with E-state index < -0.39 is 0 Å². The molecule has 2 nitrogen and oxygen atoms in total. The van der Waals surface area contributed by atoms with E-state index in [2.05, 4.69) is 24.5 Å². The van der Waals surface area contributed by atoms with Gasteiger partial charge in [0.2, 0.25) is 0 Å². The van der Waals surface area contributed by atoms with E-state index >= 15 is 0 Å². The highest BCUT2D eigenvalue weighted by Gasteiger charge is 2.28. The van der Waals surface area contributed by atoms with Crippen LogP contribution in [0.3, 0.4) is 0 Å². The predicted molar refractivity (Wildman–Crippen MR) is 56.5 cm³/mol. The smallest absolute Gasteiger partial charge is 0.0581 e. The van der Waals surface area contributed by atoms with Gasteiger partial charge in [-0.25, -0.2) is 0 Å². The van der Waals surface area contributed by atoms with Gasteiger partial charge < -0.3 is 0 Å². The summed E-state index contributed by atoms with van der Waals surface area (Å²) in [5.74, 6) is 6.35. The maximum absolute atomic E-state index is 5.58. The first kappa shape index (κ1) is 9.19. The van der Waals surface area contributed by atoms with E-state index in [0.717, 1.165) is 5.92 Å². The molecule has 0 spiro atoms. The number of nitrogens with two attached hydrogens (primary N) is 1. The molecule has 13 heavy (non-hydrogen) atoms. The van der Waals surface area contributed by atoms with Crippen LogP contribution in [0.5, 0.6) is 0 Å². The van der Waals surface area contributed by atoms with Gasteiger partial charge >= 0.3 is 0 Å². The van der Waals surface area contributed by atoms with Crippen LogP contribution >= 0.6 is 11.3 Å². The maximum Gasteiger partial charge on any atom is 0.0581 e. The lowest BCUT2D eigenvalue weighted by Crippen LogP contribution is -2.35. The third kappa shape index (κ3) is 1.77. The minimum absolute atomic E-state index is 0.396. The molecule has 0 radical (unpaired) electrons. The highest BCUT2D eigenvalue weighted by Crippen LogP contribution is 2.39. The van der Waals surface area contributed by atoms with Gasteiger partial charge in [0.05, 0.1) is 6.04 Å². The Bertz CT molecular complexity index is 278. The highest BCUT2D eigenvalue weighted by molar-refractivity contribution is 7.12. The van der Waals surface area contributed by atoms with Crippen LogP contribution in [0.15, 0.2) is 12.1 Å². The van der Waals surface area contributed by atoms with Crippen molar-refractivity contribution in [2.45, 2.75) is 32.2 Å². The molecule has 3 heteroatoms. The van der Waals surface area contributed by atoms with E-state index in [1.54, 1.807) is 0 Å². The summed E-state index contributed by atoms with van der Waals surface area (Å²) in [5, 5.41) is 0. The van der Waals surface area contributed by atoms with Crippen molar-refractivity contribution in [3.63, 3.8) is 0 Å². The van der Waals surface area contributed by atoms with Gasteiger partial charge in [0.1, 0.15) is 0 Å². The van der Waals surface area contributed by atoms with Gasteiger partial charge in [0.15, 0.2) is 0 Å². The second kappa shape index (κ2) is 3.78. The van der Waals surface area contributed by atoms with Crippen LogP contribution in [0.4, 0.5) is 0 Å². The van der Waals surface area contributed by atoms with E-state index in [1.807, 2.05) is 11.3 Å². The van der Waals surface area contributed by atoms with Crippen molar-refractivity contribution in [2.75, 3.05) is 0 Å². The second-order valence-corrected chi connectivity index (χ2v) is 5.10. The number of hydrogen-bond acceptors (Lipinski definition) is 3. The maximum atomic E-state index is 5.58. The molecule has 0 saturated heterocycles. The quantitative estimate of drug-likeness (QED) is 0.575. The van der Waals surface area contributed by atoms with Crippen LogP contribution in [-0.2, 0) is 0 Å². The second-order valence-electron chi connectivity index (χ2n) is 3.78. The number of hydrogen-bond donors (Lipinski definition) is 2. The summed E-state index contributed by atoms with van der Waals surface area (Å²) in [7, 11) is 0. The fourth-order valence-electron chi connectivity index (χ4n) is 1.84. The molecule has 0 aromatic carbocycles. The summed E-state index contributed by atoms with van der Waals surface area (Å²) >= 11 is 1.86. The molecule has 0 bridgehead atoms. The zero-order valence-electron chi connectivity index (χ0n) is 7.92. The average Bonchev–Trinajstić information content (AvgIpc) is 2.43. The van der Waals surface area contributed by atoms with Crippen molar-refractivity contribution >= 4 is 11.3 Å². The van der Waals surface area contributed by atoms with Crippen LogP contribution in [0, 0.1) is 12.8 Å². The number of nitrogens with one attached hydrogen (secondary N) is 1. The van der Waals surface area contributed by atoms with Gasteiger partial charge in [0, 0.05) is 9.75 Å². The Labute approximate surface area is 83.1 Å². The zero-order chi connectivity index (χ0) is 9.26. The Morgan fingerprint density at radius 2 is 2.31 bits per heavy atom. The van der Waals surface area contributed by atoms with Crippen LogP contribution in [0.2, 0.25) is 0 Å². The third-order valence-corrected chi connectivity index (χ3v) is 3.95. The van der Waals surface area contributed by atoms with Gasteiger partial charge in [-0.15, -0.1) is 11.3 Å². The Morgan fingerprint density at radius 3 is 2.69 bits per heavy atom. The van der Waals surface area contributed by atoms with Crippen molar-refractivity contribution in [1.29, 1.82) is 0 Å². The Morgan fingerprint density at radius 1 is 1.54 bits per heavy atom. The molecule has 1 atom stereocenters. The fraction of sp³-hybridized carbons (Fsp3) is 0.600.